The molecule has 2 fully saturated rings. The number of aromatic nitrogens is 6. The number of halogens is 5. The van der Waals surface area contributed by atoms with Gasteiger partial charge >= 0.3 is 0 Å². The Balaban J connectivity index is 1.32. The number of aryl methyl sites for hydroxylation is 1. The lowest BCUT2D eigenvalue weighted by Gasteiger charge is -2.44. The van der Waals surface area contributed by atoms with E-state index in [1.165, 1.54) is 10.6 Å². The number of likely N-dealkylation sites (tertiary alicyclic amines) is 1. The number of hydrogen-bond donors (Lipinski definition) is 2. The molecule has 38 heavy (non-hydrogen) atoms. The van der Waals surface area contributed by atoms with Gasteiger partial charge in [-0.2, -0.15) is 4.98 Å². The van der Waals surface area contributed by atoms with Crippen LogP contribution < -0.4 is 11.1 Å². The summed E-state index contributed by atoms with van der Waals surface area (Å²) < 4.78 is 78.7. The number of piperidine rings is 1. The number of imidazole rings is 1. The highest BCUT2D eigenvalue weighted by Gasteiger charge is 2.47. The van der Waals surface area contributed by atoms with E-state index in [9.17, 15) is 17.6 Å². The zero-order chi connectivity index (χ0) is 26.8. The van der Waals surface area contributed by atoms with Crippen molar-refractivity contribution in [1.82, 2.24) is 34.0 Å². The molecule has 10 nitrogen and oxygen atoms in total. The minimum Gasteiger partial charge on any atom is -0.382 e. The Kier molecular flexibility index (Phi) is 5.86. The largest absolute Gasteiger partial charge is 0.382 e. The van der Waals surface area contributed by atoms with Crippen LogP contribution in [0.25, 0.3) is 27.9 Å². The highest BCUT2D eigenvalue weighted by atomic mass is 19.3. The number of fused-ring (bicyclic) bond motifs is 2. The minimum atomic E-state index is -3.06. The minimum absolute atomic E-state index is 0.00269. The van der Waals surface area contributed by atoms with Crippen LogP contribution >= 0.6 is 0 Å². The van der Waals surface area contributed by atoms with Gasteiger partial charge in [0, 0.05) is 6.54 Å². The van der Waals surface area contributed by atoms with Crippen molar-refractivity contribution in [3.05, 3.63) is 30.0 Å². The molecule has 0 aliphatic carbocycles. The fraction of sp³-hybridized carbons (Fsp3) is 0.478. The Morgan fingerprint density at radius 2 is 2.00 bits per heavy atom. The second-order valence-electron chi connectivity index (χ2n) is 9.57. The van der Waals surface area contributed by atoms with Crippen molar-refractivity contribution in [2.24, 2.45) is 0 Å². The summed E-state index contributed by atoms with van der Waals surface area (Å²) in [4.78, 5) is 14.5. The first-order valence-electron chi connectivity index (χ1n) is 12.0. The monoisotopic (exact) mass is 537 g/mol. The predicted molar refractivity (Wildman–Crippen MR) is 128 cm³/mol. The average Bonchev–Trinajstić information content (AvgIpc) is 3.29. The molecule has 0 spiro atoms. The number of pyridine rings is 1. The zero-order valence-electron chi connectivity index (χ0n) is 20.2. The van der Waals surface area contributed by atoms with E-state index in [1.54, 1.807) is 17.9 Å². The van der Waals surface area contributed by atoms with Gasteiger partial charge in [0.2, 0.25) is 5.95 Å². The second kappa shape index (κ2) is 9.01. The summed E-state index contributed by atoms with van der Waals surface area (Å²) in [6.45, 7) is 1.89. The molecule has 4 aromatic rings. The first-order chi connectivity index (χ1) is 18.1. The molecule has 2 saturated heterocycles. The van der Waals surface area contributed by atoms with Gasteiger partial charge in [-0.1, -0.05) is 0 Å². The van der Waals surface area contributed by atoms with E-state index >= 15 is 4.39 Å². The third-order valence-electron chi connectivity index (χ3n) is 7.04. The van der Waals surface area contributed by atoms with Crippen molar-refractivity contribution >= 4 is 28.4 Å². The Labute approximate surface area is 212 Å². The van der Waals surface area contributed by atoms with Crippen LogP contribution in [-0.2, 0) is 11.3 Å². The van der Waals surface area contributed by atoms with Crippen LogP contribution in [0.5, 0.6) is 0 Å². The second-order valence-corrected chi connectivity index (χ2v) is 9.57. The number of nitrogen functional groups attached to an aromatic ring is 1. The molecule has 0 saturated carbocycles. The Bertz CT molecular complexity index is 1520. The van der Waals surface area contributed by atoms with Gasteiger partial charge in [0.05, 0.1) is 55.8 Å². The summed E-state index contributed by atoms with van der Waals surface area (Å²) in [5.74, 6) is -3.79. The topological polar surface area (TPSA) is 111 Å². The molecular weight excluding hydrogens is 513 g/mol. The van der Waals surface area contributed by atoms with E-state index in [4.69, 9.17) is 10.5 Å². The summed E-state index contributed by atoms with van der Waals surface area (Å²) >= 11 is 0. The maximum atomic E-state index is 15.2. The van der Waals surface area contributed by atoms with Gasteiger partial charge < -0.3 is 20.4 Å². The molecule has 0 amide bonds. The van der Waals surface area contributed by atoms with E-state index in [2.05, 4.69) is 25.4 Å². The lowest BCUT2D eigenvalue weighted by atomic mass is 9.98. The van der Waals surface area contributed by atoms with Gasteiger partial charge in [0.25, 0.3) is 12.3 Å². The number of alkyl halides is 4. The molecule has 2 aliphatic heterocycles. The van der Waals surface area contributed by atoms with Crippen LogP contribution in [0.1, 0.15) is 12.2 Å². The standard InChI is InChI=1S/C23H24F5N9O/c1-11-30-15-3-2-14(31-21(15)36(11)7-17(25)26)18-13(24)6-37-19(18)20(29)33-22(34-37)32-16-4-5-35(10-23(16,27)28)12-8-38-9-12/h2-3,6,12,16-17H,4-5,7-10H2,1H3,(H3,29,32,33,34)/t16-/m1/s1. The van der Waals surface area contributed by atoms with Crippen LogP contribution in [0.4, 0.5) is 33.7 Å². The summed E-state index contributed by atoms with van der Waals surface area (Å²) in [5.41, 5.74) is 6.84. The number of nitrogens with zero attached hydrogens (tertiary/aromatic N) is 7. The van der Waals surface area contributed by atoms with E-state index < -0.39 is 37.3 Å². The quantitative estimate of drug-likeness (QED) is 0.361. The lowest BCUT2D eigenvalue weighted by Crippen LogP contribution is -2.61. The summed E-state index contributed by atoms with van der Waals surface area (Å²) in [6.07, 6.45) is -1.45. The number of nitrogens with one attached hydrogen (secondary N) is 1. The van der Waals surface area contributed by atoms with Crippen molar-refractivity contribution in [3.8, 4) is 11.3 Å². The molecule has 3 N–H and O–H groups in total. The first kappa shape index (κ1) is 24.7. The highest BCUT2D eigenvalue weighted by molar-refractivity contribution is 5.89. The first-order valence-corrected chi connectivity index (χ1v) is 12.0. The molecule has 202 valence electrons. The molecule has 6 heterocycles. The predicted octanol–water partition coefficient (Wildman–Crippen LogP) is 2.96. The third kappa shape index (κ3) is 4.18. The summed E-state index contributed by atoms with van der Waals surface area (Å²) in [5, 5.41) is 6.84. The number of hydrogen-bond acceptors (Lipinski definition) is 8. The molecule has 4 aromatic heterocycles. The zero-order valence-corrected chi connectivity index (χ0v) is 20.2. The van der Waals surface area contributed by atoms with Crippen LogP contribution in [0.3, 0.4) is 0 Å². The summed E-state index contributed by atoms with van der Waals surface area (Å²) in [7, 11) is 0. The van der Waals surface area contributed by atoms with E-state index in [1.807, 2.05) is 0 Å². The Hall–Kier alpha value is -3.59. The molecule has 0 radical (unpaired) electrons. The van der Waals surface area contributed by atoms with Crippen molar-refractivity contribution in [3.63, 3.8) is 0 Å². The molecule has 0 bridgehead atoms. The van der Waals surface area contributed by atoms with Crippen molar-refractivity contribution in [1.29, 1.82) is 0 Å². The number of rotatable bonds is 6. The Morgan fingerprint density at radius 3 is 2.68 bits per heavy atom. The molecule has 6 rings (SSSR count). The van der Waals surface area contributed by atoms with Gasteiger partial charge in [0.1, 0.15) is 16.9 Å². The van der Waals surface area contributed by atoms with Crippen LogP contribution in [0.2, 0.25) is 0 Å². The normalized spacial score (nSPS) is 20.4. The van der Waals surface area contributed by atoms with Gasteiger partial charge in [-0.3, -0.25) is 4.90 Å². The molecule has 0 aromatic carbocycles. The van der Waals surface area contributed by atoms with Gasteiger partial charge in [0.15, 0.2) is 17.3 Å². The van der Waals surface area contributed by atoms with Gasteiger partial charge in [-0.25, -0.2) is 36.4 Å². The van der Waals surface area contributed by atoms with E-state index in [0.717, 1.165) is 10.7 Å². The van der Waals surface area contributed by atoms with E-state index in [-0.39, 0.29) is 46.7 Å². The number of anilines is 2. The fourth-order valence-corrected chi connectivity index (χ4v) is 5.04. The number of ether oxygens (including phenoxy) is 1. The van der Waals surface area contributed by atoms with Crippen molar-refractivity contribution < 1.29 is 26.7 Å². The molecule has 1 atom stereocenters. The fourth-order valence-electron chi connectivity index (χ4n) is 5.04. The van der Waals surface area contributed by atoms with Crippen molar-refractivity contribution in [2.45, 2.75) is 44.3 Å². The molecule has 0 unspecified atom stereocenters. The lowest BCUT2D eigenvalue weighted by molar-refractivity contribution is -0.131. The van der Waals surface area contributed by atoms with E-state index in [0.29, 0.717) is 31.1 Å². The Morgan fingerprint density at radius 1 is 1.21 bits per heavy atom. The van der Waals surface area contributed by atoms with Crippen molar-refractivity contribution in [2.75, 3.05) is 37.4 Å². The highest BCUT2D eigenvalue weighted by Crippen LogP contribution is 2.34. The van der Waals surface area contributed by atoms with Gasteiger partial charge in [-0.05, 0) is 25.5 Å². The molecule has 15 heteroatoms. The maximum Gasteiger partial charge on any atom is 0.280 e. The summed E-state index contributed by atoms with van der Waals surface area (Å²) in [6, 6.07) is 1.80. The third-order valence-corrected chi connectivity index (χ3v) is 7.04. The van der Waals surface area contributed by atoms with Gasteiger partial charge in [-0.15, -0.1) is 5.10 Å². The van der Waals surface area contributed by atoms with Crippen LogP contribution in [0.15, 0.2) is 18.3 Å². The molecular formula is C23H24F5N9O. The molecule has 2 aliphatic rings. The van der Waals surface area contributed by atoms with Crippen LogP contribution in [0, 0.1) is 12.7 Å². The maximum absolute atomic E-state index is 15.2. The number of nitrogens with two attached hydrogens (primary N) is 1. The smallest absolute Gasteiger partial charge is 0.280 e. The van der Waals surface area contributed by atoms with Crippen LogP contribution in [-0.4, -0.2) is 84.8 Å². The SMILES string of the molecule is Cc1nc2ccc(-c3c(F)cn4nc(N[C@@H]5CCN(C6COC6)CC5(F)F)nc(N)c34)nc2n1CC(F)F. The average molecular weight is 537 g/mol.